The monoisotopic (exact) mass is 580 g/mol. The first-order valence-electron chi connectivity index (χ1n) is 13.7. The lowest BCUT2D eigenvalue weighted by Gasteiger charge is -2.31. The number of hydrogen-bond acceptors (Lipinski definition) is 6. The fraction of sp³-hybridized carbons (Fsp3) is 0.345. The summed E-state index contributed by atoms with van der Waals surface area (Å²) in [6.45, 7) is 5.74. The summed E-state index contributed by atoms with van der Waals surface area (Å²) in [6.07, 6.45) is 7.45. The Kier molecular flexibility index (Phi) is 7.76. The number of carbonyl (C=O) groups excluding carboxylic acids is 1. The van der Waals surface area contributed by atoms with Gasteiger partial charge >= 0.3 is 11.9 Å². The number of ketones is 1. The zero-order valence-electron chi connectivity index (χ0n) is 23.4. The van der Waals surface area contributed by atoms with Crippen LogP contribution in [0.1, 0.15) is 61.3 Å². The molecule has 4 heterocycles. The number of hydrogen-bond donors (Lipinski definition) is 2. The third-order valence-electron chi connectivity index (χ3n) is 7.40. The van der Waals surface area contributed by atoms with Crippen molar-refractivity contribution in [3.8, 4) is 17.2 Å². The summed E-state index contributed by atoms with van der Waals surface area (Å²) in [5, 5.41) is 17.3. The molecule has 1 aromatic carbocycles. The minimum absolute atomic E-state index is 0.0987. The van der Waals surface area contributed by atoms with Crippen molar-refractivity contribution in [3.05, 3.63) is 94.6 Å². The molecule has 0 saturated carbocycles. The third-order valence-corrected chi connectivity index (χ3v) is 7.40. The van der Waals surface area contributed by atoms with Crippen molar-refractivity contribution >= 4 is 5.78 Å². The van der Waals surface area contributed by atoms with Gasteiger partial charge in [-0.15, -0.1) is 10.2 Å². The first-order chi connectivity index (χ1) is 20.1. The molecule has 2 N–H and O–H groups in total. The van der Waals surface area contributed by atoms with E-state index < -0.39 is 28.6 Å². The molecule has 0 atom stereocenters. The number of dihydropyridines is 1. The summed E-state index contributed by atoms with van der Waals surface area (Å²) in [5.41, 5.74) is 0.319. The quantitative estimate of drug-likeness (QED) is 0.259. The summed E-state index contributed by atoms with van der Waals surface area (Å²) in [5.74, 6) is -1.68. The number of aromatic nitrogens is 7. The standard InChI is InChI=1S/C29H31F3N8O2/c1-4-5-9-22-17-39(26-23(24(41)29(30,31)32)10-15-38(26)19(2)3)27(42)40(22)18-28(11-13-33-14-12-28)21-8-6-7-20(16-21)25-34-36-37-35-25/h6-8,10-17,19,33H,4-5,9,18H2,1-3H3,(H,34,35,36,37). The number of halogens is 3. The SMILES string of the molecule is CCCCc1cn(-c2c(C(=O)C(F)(F)F)ccn2C(C)C)c(=O)n1CC1(c2cccc(-c3nn[nH]n3)c2)C=CNC=C1. The van der Waals surface area contributed by atoms with Crippen molar-refractivity contribution in [3.63, 3.8) is 0 Å². The minimum Gasteiger partial charge on any atom is -0.368 e. The highest BCUT2D eigenvalue weighted by Gasteiger charge is 2.42. The molecule has 0 saturated heterocycles. The largest absolute Gasteiger partial charge is 0.455 e. The fourth-order valence-electron chi connectivity index (χ4n) is 5.23. The normalized spacial score (nSPS) is 14.5. The number of tetrazole rings is 1. The number of imidazole rings is 1. The molecule has 0 amide bonds. The van der Waals surface area contributed by atoms with Gasteiger partial charge in [-0.2, -0.15) is 18.4 Å². The predicted molar refractivity (Wildman–Crippen MR) is 150 cm³/mol. The summed E-state index contributed by atoms with van der Waals surface area (Å²) >= 11 is 0. The third kappa shape index (κ3) is 5.33. The van der Waals surface area contributed by atoms with Gasteiger partial charge in [-0.25, -0.2) is 4.79 Å². The lowest BCUT2D eigenvalue weighted by molar-refractivity contribution is -0.0885. The van der Waals surface area contributed by atoms with E-state index in [1.165, 1.54) is 15.3 Å². The van der Waals surface area contributed by atoms with Crippen LogP contribution in [-0.2, 0) is 18.4 Å². The zero-order valence-corrected chi connectivity index (χ0v) is 23.4. The van der Waals surface area contributed by atoms with Crippen molar-refractivity contribution in [2.45, 2.75) is 64.2 Å². The number of alkyl halides is 3. The van der Waals surface area contributed by atoms with Crippen molar-refractivity contribution in [2.24, 2.45) is 0 Å². The van der Waals surface area contributed by atoms with Crippen LogP contribution in [-0.4, -0.2) is 46.3 Å². The molecule has 1 aliphatic rings. The van der Waals surface area contributed by atoms with Gasteiger partial charge in [0.2, 0.25) is 5.82 Å². The molecule has 0 spiro atoms. The van der Waals surface area contributed by atoms with Crippen LogP contribution in [0.4, 0.5) is 13.2 Å². The number of unbranched alkanes of at least 4 members (excludes halogenated alkanes) is 1. The number of rotatable bonds is 10. The molecule has 13 heteroatoms. The van der Waals surface area contributed by atoms with E-state index in [1.807, 2.05) is 43.3 Å². The van der Waals surface area contributed by atoms with Crippen molar-refractivity contribution in [1.29, 1.82) is 0 Å². The molecule has 3 aromatic heterocycles. The number of Topliss-reactive ketones (excluding diaryl/α,β-unsaturated/α-hetero) is 1. The second-order valence-corrected chi connectivity index (χ2v) is 10.5. The smallest absolute Gasteiger partial charge is 0.368 e. The topological polar surface area (TPSA) is 115 Å². The minimum atomic E-state index is -5.09. The second kappa shape index (κ2) is 11.3. The van der Waals surface area contributed by atoms with Crippen LogP contribution in [0.25, 0.3) is 17.2 Å². The van der Waals surface area contributed by atoms with E-state index in [-0.39, 0.29) is 18.4 Å². The van der Waals surface area contributed by atoms with Gasteiger partial charge < -0.3 is 9.88 Å². The van der Waals surface area contributed by atoms with Gasteiger partial charge in [-0.05, 0) is 62.0 Å². The van der Waals surface area contributed by atoms with Crippen LogP contribution in [0, 0.1) is 0 Å². The lowest BCUT2D eigenvalue weighted by atomic mass is 9.78. The maximum atomic E-state index is 14.2. The highest BCUT2D eigenvalue weighted by molar-refractivity contribution is 6.03. The predicted octanol–water partition coefficient (Wildman–Crippen LogP) is 4.86. The Morgan fingerprint density at radius 2 is 1.90 bits per heavy atom. The Bertz CT molecular complexity index is 1680. The van der Waals surface area contributed by atoms with Crippen molar-refractivity contribution in [1.82, 2.24) is 39.6 Å². The van der Waals surface area contributed by atoms with Crippen molar-refractivity contribution in [2.75, 3.05) is 0 Å². The van der Waals surface area contributed by atoms with E-state index in [9.17, 15) is 22.8 Å². The number of aryl methyl sites for hydroxylation is 1. The van der Waals surface area contributed by atoms with Gasteiger partial charge in [0.1, 0.15) is 5.82 Å². The molecule has 0 bridgehead atoms. The Morgan fingerprint density at radius 1 is 1.14 bits per heavy atom. The number of aromatic amines is 1. The Hall–Kier alpha value is -4.68. The maximum Gasteiger partial charge on any atom is 0.455 e. The van der Waals surface area contributed by atoms with Gasteiger partial charge in [0, 0.05) is 36.2 Å². The van der Waals surface area contributed by atoms with Crippen LogP contribution in [0.5, 0.6) is 0 Å². The molecule has 10 nitrogen and oxygen atoms in total. The molecule has 42 heavy (non-hydrogen) atoms. The number of nitrogens with one attached hydrogen (secondary N) is 2. The average molecular weight is 581 g/mol. The summed E-state index contributed by atoms with van der Waals surface area (Å²) in [6, 6.07) is 8.39. The number of nitrogens with zero attached hydrogens (tertiary/aromatic N) is 6. The van der Waals surface area contributed by atoms with E-state index >= 15 is 0 Å². The van der Waals surface area contributed by atoms with Gasteiger partial charge in [0.25, 0.3) is 5.78 Å². The Labute approximate surface area is 239 Å². The summed E-state index contributed by atoms with van der Waals surface area (Å²) < 4.78 is 45.1. The van der Waals surface area contributed by atoms with E-state index in [0.717, 1.165) is 30.0 Å². The first kappa shape index (κ1) is 28.8. The van der Waals surface area contributed by atoms with E-state index in [2.05, 4.69) is 25.9 Å². The number of allylic oxidation sites excluding steroid dienone is 2. The lowest BCUT2D eigenvalue weighted by Crippen LogP contribution is -2.36. The van der Waals surface area contributed by atoms with Crippen LogP contribution in [0.2, 0.25) is 0 Å². The van der Waals surface area contributed by atoms with Gasteiger partial charge in [0.15, 0.2) is 0 Å². The molecule has 1 aliphatic heterocycles. The van der Waals surface area contributed by atoms with E-state index in [4.69, 9.17) is 0 Å². The van der Waals surface area contributed by atoms with E-state index in [0.29, 0.717) is 17.9 Å². The van der Waals surface area contributed by atoms with Crippen LogP contribution >= 0.6 is 0 Å². The van der Waals surface area contributed by atoms with Gasteiger partial charge in [-0.3, -0.25) is 13.9 Å². The van der Waals surface area contributed by atoms with Gasteiger partial charge in [-0.1, -0.05) is 43.7 Å². The Balaban J connectivity index is 1.68. The van der Waals surface area contributed by atoms with Crippen molar-refractivity contribution < 1.29 is 18.0 Å². The zero-order chi connectivity index (χ0) is 30.1. The first-order valence-corrected chi connectivity index (χ1v) is 13.7. The highest BCUT2D eigenvalue weighted by Crippen LogP contribution is 2.34. The Morgan fingerprint density at radius 3 is 2.55 bits per heavy atom. The van der Waals surface area contributed by atoms with Crippen LogP contribution < -0.4 is 11.0 Å². The molecule has 0 radical (unpaired) electrons. The molecule has 5 rings (SSSR count). The summed E-state index contributed by atoms with van der Waals surface area (Å²) in [7, 11) is 0. The number of carbonyl (C=O) groups is 1. The molecule has 0 aliphatic carbocycles. The number of H-pyrrole nitrogens is 1. The summed E-state index contributed by atoms with van der Waals surface area (Å²) in [4.78, 5) is 26.6. The molecule has 0 fully saturated rings. The number of benzene rings is 1. The molecular formula is C29H31F3N8O2. The van der Waals surface area contributed by atoms with Crippen LogP contribution in [0.3, 0.4) is 0 Å². The highest BCUT2D eigenvalue weighted by atomic mass is 19.4. The maximum absolute atomic E-state index is 14.2. The average Bonchev–Trinajstić information content (AvgIpc) is 3.72. The molecule has 0 unspecified atom stereocenters. The fourth-order valence-corrected chi connectivity index (χ4v) is 5.23. The van der Waals surface area contributed by atoms with Crippen LogP contribution in [0.15, 0.2) is 72.1 Å². The molecule has 220 valence electrons. The van der Waals surface area contributed by atoms with E-state index in [1.54, 1.807) is 37.0 Å². The van der Waals surface area contributed by atoms with Gasteiger partial charge in [0.05, 0.1) is 11.0 Å². The second-order valence-electron chi connectivity index (χ2n) is 10.5. The molecular weight excluding hydrogens is 549 g/mol. The molecule has 4 aromatic rings.